The zero-order valence-corrected chi connectivity index (χ0v) is 9.20. The molecule has 0 unspecified atom stereocenters. The summed E-state index contributed by atoms with van der Waals surface area (Å²) in [5.41, 5.74) is 0. The number of aromatic nitrogens is 2. The van der Waals surface area contributed by atoms with Crippen LogP contribution in [0.2, 0.25) is 0 Å². The van der Waals surface area contributed by atoms with E-state index in [1.165, 1.54) is 0 Å². The monoisotopic (exact) mass is 220 g/mol. The smallest absolute Gasteiger partial charge is 0.226 e. The summed E-state index contributed by atoms with van der Waals surface area (Å²) in [5, 5.41) is 3.86. The number of aryl methyl sites for hydroxylation is 1. The van der Waals surface area contributed by atoms with E-state index in [0.29, 0.717) is 11.8 Å². The lowest BCUT2D eigenvalue weighted by Gasteiger charge is -1.89. The van der Waals surface area contributed by atoms with Gasteiger partial charge in [-0.25, -0.2) is 0 Å². The Bertz CT molecular complexity index is 219. The van der Waals surface area contributed by atoms with Crippen LogP contribution >= 0.6 is 23.4 Å². The van der Waals surface area contributed by atoms with Gasteiger partial charge in [-0.15, -0.1) is 11.6 Å². The minimum Gasteiger partial charge on any atom is -0.339 e. The second-order valence-corrected chi connectivity index (χ2v) is 4.19. The lowest BCUT2D eigenvalue weighted by atomic mass is 10.3. The summed E-state index contributed by atoms with van der Waals surface area (Å²) in [6.07, 6.45) is 1.68. The van der Waals surface area contributed by atoms with Crippen LogP contribution in [0.4, 0.5) is 0 Å². The van der Waals surface area contributed by atoms with Gasteiger partial charge in [0.15, 0.2) is 5.82 Å². The molecule has 3 nitrogen and oxygen atoms in total. The molecule has 0 N–H and O–H groups in total. The van der Waals surface area contributed by atoms with Gasteiger partial charge >= 0.3 is 0 Å². The maximum atomic E-state index is 5.55. The molecule has 0 aliphatic rings. The number of nitrogens with zero attached hydrogens (tertiary/aromatic N) is 2. The van der Waals surface area contributed by atoms with E-state index in [9.17, 15) is 0 Å². The Labute approximate surface area is 87.2 Å². The number of hydrogen-bond acceptors (Lipinski definition) is 4. The number of thioether (sulfide) groups is 1. The molecular weight excluding hydrogens is 208 g/mol. The van der Waals surface area contributed by atoms with Gasteiger partial charge in [-0.05, 0) is 12.2 Å². The number of rotatable bonds is 6. The largest absolute Gasteiger partial charge is 0.339 e. The van der Waals surface area contributed by atoms with Crippen molar-refractivity contribution in [2.24, 2.45) is 0 Å². The summed E-state index contributed by atoms with van der Waals surface area (Å²) < 4.78 is 5.03. The SMILES string of the molecule is CCSCc1noc(CCCCl)n1. The predicted molar refractivity (Wildman–Crippen MR) is 55.2 cm³/mol. The van der Waals surface area contributed by atoms with Crippen LogP contribution in [-0.4, -0.2) is 21.8 Å². The molecule has 0 aliphatic carbocycles. The molecule has 5 heteroatoms. The lowest BCUT2D eigenvalue weighted by Crippen LogP contribution is -1.88. The predicted octanol–water partition coefficient (Wildman–Crippen LogP) is 2.49. The van der Waals surface area contributed by atoms with E-state index in [-0.39, 0.29) is 0 Å². The van der Waals surface area contributed by atoms with Crippen molar-refractivity contribution in [2.75, 3.05) is 11.6 Å². The van der Waals surface area contributed by atoms with Gasteiger partial charge in [0.05, 0.1) is 5.75 Å². The van der Waals surface area contributed by atoms with Crippen LogP contribution in [0.25, 0.3) is 0 Å². The van der Waals surface area contributed by atoms with Crippen molar-refractivity contribution in [3.05, 3.63) is 11.7 Å². The van der Waals surface area contributed by atoms with Gasteiger partial charge in [-0.1, -0.05) is 12.1 Å². The second kappa shape index (κ2) is 6.27. The highest BCUT2D eigenvalue weighted by atomic mass is 35.5. The Morgan fingerprint density at radius 3 is 3.08 bits per heavy atom. The Morgan fingerprint density at radius 2 is 2.38 bits per heavy atom. The zero-order valence-electron chi connectivity index (χ0n) is 7.62. The maximum absolute atomic E-state index is 5.55. The van der Waals surface area contributed by atoms with Gasteiger partial charge in [-0.2, -0.15) is 16.7 Å². The fourth-order valence-electron chi connectivity index (χ4n) is 0.862. The molecule has 0 saturated heterocycles. The van der Waals surface area contributed by atoms with Crippen molar-refractivity contribution in [1.29, 1.82) is 0 Å². The number of halogens is 1. The second-order valence-electron chi connectivity index (χ2n) is 2.53. The first-order valence-corrected chi connectivity index (χ1v) is 6.01. The number of hydrogen-bond donors (Lipinski definition) is 0. The van der Waals surface area contributed by atoms with E-state index < -0.39 is 0 Å². The molecule has 0 bridgehead atoms. The van der Waals surface area contributed by atoms with E-state index in [1.807, 2.05) is 0 Å². The minimum absolute atomic E-state index is 0.640. The standard InChI is InChI=1S/C8H13ClN2OS/c1-2-13-6-7-10-8(12-11-7)4-3-5-9/h2-6H2,1H3. The Hall–Kier alpha value is -0.220. The van der Waals surface area contributed by atoms with E-state index in [1.54, 1.807) is 11.8 Å². The average Bonchev–Trinajstić information content (AvgIpc) is 2.59. The van der Waals surface area contributed by atoms with Crippen molar-refractivity contribution < 1.29 is 4.52 Å². The van der Waals surface area contributed by atoms with E-state index in [0.717, 1.165) is 30.2 Å². The normalized spacial score (nSPS) is 10.6. The highest BCUT2D eigenvalue weighted by molar-refractivity contribution is 7.98. The summed E-state index contributed by atoms with van der Waals surface area (Å²) in [5.74, 6) is 4.04. The first-order chi connectivity index (χ1) is 6.36. The third-order valence-corrected chi connectivity index (χ3v) is 2.61. The highest BCUT2D eigenvalue weighted by Crippen LogP contribution is 2.09. The summed E-state index contributed by atoms with van der Waals surface area (Å²) in [6, 6.07) is 0. The molecule has 0 aliphatic heterocycles. The first-order valence-electron chi connectivity index (χ1n) is 4.32. The molecule has 0 saturated carbocycles. The van der Waals surface area contributed by atoms with Crippen molar-refractivity contribution in [2.45, 2.75) is 25.5 Å². The molecule has 1 rings (SSSR count). The Balaban J connectivity index is 2.34. The zero-order chi connectivity index (χ0) is 9.52. The summed E-state index contributed by atoms with van der Waals surface area (Å²) in [6.45, 7) is 2.11. The summed E-state index contributed by atoms with van der Waals surface area (Å²) in [4.78, 5) is 4.23. The molecule has 1 heterocycles. The molecule has 13 heavy (non-hydrogen) atoms. The molecule has 0 aromatic carbocycles. The molecule has 0 radical (unpaired) electrons. The fourth-order valence-corrected chi connectivity index (χ4v) is 1.50. The minimum atomic E-state index is 0.640. The van der Waals surface area contributed by atoms with Gasteiger partial charge in [0.25, 0.3) is 0 Å². The van der Waals surface area contributed by atoms with Crippen molar-refractivity contribution in [3.8, 4) is 0 Å². The van der Waals surface area contributed by atoms with Crippen molar-refractivity contribution in [3.63, 3.8) is 0 Å². The molecule has 0 atom stereocenters. The first kappa shape index (κ1) is 10.9. The Kier molecular flexibility index (Phi) is 5.23. The molecule has 1 aromatic heterocycles. The highest BCUT2D eigenvalue weighted by Gasteiger charge is 2.04. The van der Waals surface area contributed by atoms with Crippen molar-refractivity contribution in [1.82, 2.24) is 10.1 Å². The van der Waals surface area contributed by atoms with Crippen LogP contribution < -0.4 is 0 Å². The van der Waals surface area contributed by atoms with E-state index in [4.69, 9.17) is 16.1 Å². The summed E-state index contributed by atoms with van der Waals surface area (Å²) >= 11 is 7.34. The topological polar surface area (TPSA) is 38.9 Å². The van der Waals surface area contributed by atoms with Crippen molar-refractivity contribution >= 4 is 23.4 Å². The molecule has 74 valence electrons. The molecular formula is C8H13ClN2OS. The van der Waals surface area contributed by atoms with Gasteiger partial charge in [-0.3, -0.25) is 0 Å². The van der Waals surface area contributed by atoms with E-state index >= 15 is 0 Å². The van der Waals surface area contributed by atoms with Gasteiger partial charge in [0.2, 0.25) is 5.89 Å². The third kappa shape index (κ3) is 4.00. The molecule has 0 amide bonds. The van der Waals surface area contributed by atoms with Crippen LogP contribution in [0.15, 0.2) is 4.52 Å². The van der Waals surface area contributed by atoms with Gasteiger partial charge < -0.3 is 4.52 Å². The van der Waals surface area contributed by atoms with Gasteiger partial charge in [0.1, 0.15) is 0 Å². The third-order valence-electron chi connectivity index (χ3n) is 1.47. The average molecular weight is 221 g/mol. The maximum Gasteiger partial charge on any atom is 0.226 e. The van der Waals surface area contributed by atoms with Crippen LogP contribution in [0.5, 0.6) is 0 Å². The molecule has 0 spiro atoms. The van der Waals surface area contributed by atoms with E-state index in [2.05, 4.69) is 17.1 Å². The number of alkyl halides is 1. The quantitative estimate of drug-likeness (QED) is 0.691. The molecule has 1 aromatic rings. The van der Waals surface area contributed by atoms with Crippen LogP contribution in [0.1, 0.15) is 25.1 Å². The fraction of sp³-hybridized carbons (Fsp3) is 0.750. The lowest BCUT2D eigenvalue weighted by molar-refractivity contribution is 0.373. The Morgan fingerprint density at radius 1 is 1.54 bits per heavy atom. The van der Waals surface area contributed by atoms with Crippen LogP contribution in [-0.2, 0) is 12.2 Å². The van der Waals surface area contributed by atoms with Gasteiger partial charge in [0, 0.05) is 12.3 Å². The molecule has 0 fully saturated rings. The van der Waals surface area contributed by atoms with Crippen LogP contribution in [0, 0.1) is 0 Å². The summed E-state index contributed by atoms with van der Waals surface area (Å²) in [7, 11) is 0. The van der Waals surface area contributed by atoms with Crippen LogP contribution in [0.3, 0.4) is 0 Å².